The smallest absolute Gasteiger partial charge is 0.253 e. The van der Waals surface area contributed by atoms with Crippen LogP contribution in [0.4, 0.5) is 0 Å². The number of hydrogen-bond acceptors (Lipinski definition) is 2. The topological polar surface area (TPSA) is 40.5 Å². The first-order chi connectivity index (χ1) is 11.3. The Bertz CT molecular complexity index is 588. The maximum Gasteiger partial charge on any atom is 0.253 e. The molecule has 1 N–H and O–H groups in total. The van der Waals surface area contributed by atoms with Gasteiger partial charge < -0.3 is 10.0 Å². The van der Waals surface area contributed by atoms with Crippen LogP contribution in [0.1, 0.15) is 17.3 Å². The van der Waals surface area contributed by atoms with Crippen molar-refractivity contribution in [3.05, 3.63) is 48.0 Å². The van der Waals surface area contributed by atoms with Crippen LogP contribution in [-0.2, 0) is 0 Å². The molecule has 25 heavy (non-hydrogen) atoms. The molecule has 1 aromatic carbocycles. The zero-order valence-electron chi connectivity index (χ0n) is 17.0. The fourth-order valence-corrected chi connectivity index (χ4v) is 5.98. The molecule has 3 nitrogen and oxygen atoms in total. The quantitative estimate of drug-likeness (QED) is 0.529. The number of hydrogen-bond donors (Lipinski definition) is 1. The molecule has 0 bridgehead atoms. The summed E-state index contributed by atoms with van der Waals surface area (Å²) in [5.41, 5.74) is 1.53. The Labute approximate surface area is 155 Å². The van der Waals surface area contributed by atoms with Crippen LogP contribution in [0, 0.1) is 0 Å². The van der Waals surface area contributed by atoms with Crippen LogP contribution in [-0.4, -0.2) is 50.4 Å². The highest BCUT2D eigenvalue weighted by atomic mass is 28.3. The van der Waals surface area contributed by atoms with E-state index in [0.29, 0.717) is 5.56 Å². The number of carbonyl (C=O) groups is 1. The summed E-state index contributed by atoms with van der Waals surface area (Å²) in [6.45, 7) is 19.6. The molecule has 0 saturated carbocycles. The van der Waals surface area contributed by atoms with E-state index in [-0.39, 0.29) is 11.9 Å². The molecule has 0 radical (unpaired) electrons. The van der Waals surface area contributed by atoms with E-state index >= 15 is 0 Å². The lowest BCUT2D eigenvalue weighted by molar-refractivity contribution is 0.0545. The lowest BCUT2D eigenvalue weighted by Crippen LogP contribution is -2.52. The molecule has 0 aliphatic carbocycles. The summed E-state index contributed by atoms with van der Waals surface area (Å²) in [7, 11) is -2.89. The third-order valence-corrected chi connectivity index (χ3v) is 6.85. The van der Waals surface area contributed by atoms with Gasteiger partial charge in [-0.25, -0.2) is 0 Å². The van der Waals surface area contributed by atoms with E-state index in [1.165, 1.54) is 0 Å². The third-order valence-electron chi connectivity index (χ3n) is 4.05. The van der Waals surface area contributed by atoms with Crippen molar-refractivity contribution >= 4 is 22.1 Å². The summed E-state index contributed by atoms with van der Waals surface area (Å²) in [6.07, 6.45) is 0.0369. The van der Waals surface area contributed by atoms with Crippen molar-refractivity contribution in [3.63, 3.8) is 0 Å². The van der Waals surface area contributed by atoms with Gasteiger partial charge in [-0.15, -0.1) is 0 Å². The van der Waals surface area contributed by atoms with Gasteiger partial charge in [-0.05, 0) is 30.7 Å². The van der Waals surface area contributed by atoms with Gasteiger partial charge in [0.15, 0.2) is 0 Å². The second kappa shape index (κ2) is 8.47. The summed E-state index contributed by atoms with van der Waals surface area (Å²) >= 11 is 0. The average Bonchev–Trinajstić information content (AvgIpc) is 2.49. The minimum absolute atomic E-state index is 0.00428. The number of aliphatic hydroxyl groups excluding tert-OH is 1. The Morgan fingerprint density at radius 3 is 2.04 bits per heavy atom. The molecule has 140 valence electrons. The van der Waals surface area contributed by atoms with Gasteiger partial charge in [0, 0.05) is 19.8 Å². The zero-order valence-corrected chi connectivity index (χ0v) is 19.0. The van der Waals surface area contributed by atoms with E-state index in [1.807, 2.05) is 42.2 Å². The molecule has 0 fully saturated rings. The normalized spacial score (nSPS) is 14.7. The van der Waals surface area contributed by atoms with Crippen molar-refractivity contribution in [2.75, 3.05) is 6.17 Å². The van der Waals surface area contributed by atoms with Crippen LogP contribution in [0.15, 0.2) is 42.5 Å². The van der Waals surface area contributed by atoms with E-state index in [9.17, 15) is 9.90 Å². The Balaban J connectivity index is 3.06. The summed E-state index contributed by atoms with van der Waals surface area (Å²) in [4.78, 5) is 15.0. The largest absolute Gasteiger partial charge is 0.387 e. The van der Waals surface area contributed by atoms with E-state index in [1.54, 1.807) is 0 Å². The van der Waals surface area contributed by atoms with Crippen molar-refractivity contribution in [3.8, 4) is 0 Å². The van der Waals surface area contributed by atoms with Crippen molar-refractivity contribution in [1.82, 2.24) is 4.90 Å². The summed E-state index contributed by atoms with van der Waals surface area (Å²) < 4.78 is 0. The average molecular weight is 378 g/mol. The summed E-state index contributed by atoms with van der Waals surface area (Å²) in [5, 5.41) is 10.9. The number of aliphatic hydroxyl groups is 1. The maximum absolute atomic E-state index is 13.1. The summed E-state index contributed by atoms with van der Waals surface area (Å²) in [5.74, 6) is -0.00428. The monoisotopic (exact) mass is 377 g/mol. The van der Waals surface area contributed by atoms with Crippen LogP contribution < -0.4 is 0 Å². The van der Waals surface area contributed by atoms with Crippen LogP contribution >= 0.6 is 0 Å². The first-order valence-electron chi connectivity index (χ1n) is 9.03. The molecule has 2 atom stereocenters. The molecule has 0 saturated heterocycles. The Kier molecular flexibility index (Phi) is 7.41. The minimum atomic E-state index is -1.53. The van der Waals surface area contributed by atoms with Crippen LogP contribution in [0.25, 0.3) is 0 Å². The van der Waals surface area contributed by atoms with Gasteiger partial charge in [-0.1, -0.05) is 64.1 Å². The fraction of sp³-hybridized carbons (Fsp3) is 0.550. The molecule has 0 aromatic heterocycles. The van der Waals surface area contributed by atoms with Crippen LogP contribution in [0.5, 0.6) is 0 Å². The molecule has 0 heterocycles. The van der Waals surface area contributed by atoms with Gasteiger partial charge in [0.2, 0.25) is 0 Å². The molecular formula is C20H35NO2Si2. The third kappa shape index (κ3) is 7.30. The van der Waals surface area contributed by atoms with Gasteiger partial charge in [0.1, 0.15) is 0 Å². The Hall–Kier alpha value is -1.18. The predicted molar refractivity (Wildman–Crippen MR) is 114 cm³/mol. The van der Waals surface area contributed by atoms with Gasteiger partial charge >= 0.3 is 0 Å². The van der Waals surface area contributed by atoms with Gasteiger partial charge in [0.05, 0.1) is 20.2 Å². The molecule has 0 aliphatic heterocycles. The Morgan fingerprint density at radius 1 is 1.08 bits per heavy atom. The highest BCUT2D eigenvalue weighted by Gasteiger charge is 2.32. The number of carbonyl (C=O) groups excluding carboxylic acids is 1. The zero-order chi connectivity index (χ0) is 19.4. The number of nitrogens with zero attached hydrogens (tertiary/aromatic N) is 1. The van der Waals surface area contributed by atoms with Crippen molar-refractivity contribution < 1.29 is 9.90 Å². The molecule has 0 unspecified atom stereocenters. The molecule has 0 spiro atoms. The first kappa shape index (κ1) is 21.9. The van der Waals surface area contributed by atoms with Gasteiger partial charge in [-0.2, -0.15) is 0 Å². The second-order valence-electron chi connectivity index (χ2n) is 9.44. The number of benzene rings is 1. The van der Waals surface area contributed by atoms with Crippen LogP contribution in [0.2, 0.25) is 45.3 Å². The molecule has 1 amide bonds. The summed E-state index contributed by atoms with van der Waals surface area (Å²) in [6, 6.07) is 9.96. The van der Waals surface area contributed by atoms with E-state index in [0.717, 1.165) is 17.8 Å². The van der Waals surface area contributed by atoms with Gasteiger partial charge in [-0.3, -0.25) is 4.79 Å². The van der Waals surface area contributed by atoms with E-state index in [2.05, 4.69) is 45.9 Å². The van der Waals surface area contributed by atoms with E-state index in [4.69, 9.17) is 0 Å². The predicted octanol–water partition coefficient (Wildman–Crippen LogP) is 4.65. The van der Waals surface area contributed by atoms with Crippen molar-refractivity contribution in [1.29, 1.82) is 0 Å². The van der Waals surface area contributed by atoms with Gasteiger partial charge in [0.25, 0.3) is 5.91 Å². The molecular weight excluding hydrogens is 342 g/mol. The van der Waals surface area contributed by atoms with Crippen molar-refractivity contribution in [2.24, 2.45) is 0 Å². The van der Waals surface area contributed by atoms with Crippen LogP contribution in [0.3, 0.4) is 0 Å². The highest BCUT2D eigenvalue weighted by Crippen LogP contribution is 2.23. The highest BCUT2D eigenvalue weighted by molar-refractivity contribution is 6.77. The fourth-order valence-electron chi connectivity index (χ4n) is 2.96. The van der Waals surface area contributed by atoms with Crippen molar-refractivity contribution in [2.45, 2.75) is 64.4 Å². The molecule has 0 aliphatic rings. The maximum atomic E-state index is 13.1. The molecule has 1 rings (SSSR count). The molecule has 5 heteroatoms. The van der Waals surface area contributed by atoms with E-state index < -0.39 is 22.3 Å². The number of rotatable bonds is 8. The standard InChI is InChI=1S/C20H35NO2Si2/c1-16(14-24(3,4)5)19(22)17(2)21(15-25(6,7)8)20(23)18-12-10-9-11-13-18/h9-13,17,19,22H,1,14-15H2,2-8H3/t17-,19-/m0/s1. The first-order valence-corrected chi connectivity index (χ1v) is 16.4. The SMILES string of the molecule is C=C(C[Si](C)(C)C)[C@H](O)[C@H](C)N(C[Si](C)(C)C)C(=O)c1ccccc1. The Morgan fingerprint density at radius 2 is 1.60 bits per heavy atom. The lowest BCUT2D eigenvalue weighted by atomic mass is 10.0. The molecule has 1 aromatic rings. The lowest BCUT2D eigenvalue weighted by Gasteiger charge is -2.37. The minimum Gasteiger partial charge on any atom is -0.387 e. The second-order valence-corrected chi connectivity index (χ2v) is 20.4. The number of amides is 1.